The Kier molecular flexibility index (Phi) is 10.2. The van der Waals surface area contributed by atoms with Gasteiger partial charge in [0.25, 0.3) is 0 Å². The number of carbonyl (C=O) groups excluding carboxylic acids is 1. The molecular weight excluding hydrogens is 452 g/mol. The topological polar surface area (TPSA) is 70.1 Å². The van der Waals surface area contributed by atoms with E-state index >= 15 is 0 Å². The molecule has 1 amide bonds. The molecule has 1 saturated heterocycles. The van der Waals surface area contributed by atoms with Crippen molar-refractivity contribution < 1.29 is 19.4 Å². The van der Waals surface area contributed by atoms with E-state index in [1.54, 1.807) is 0 Å². The van der Waals surface area contributed by atoms with Gasteiger partial charge < -0.3 is 14.7 Å². The number of carbonyl (C=O) groups is 2. The van der Waals surface area contributed by atoms with E-state index in [0.29, 0.717) is 19.7 Å². The van der Waals surface area contributed by atoms with Gasteiger partial charge in [-0.15, -0.1) is 0 Å². The molecule has 1 N–H and O–H groups in total. The first-order valence-corrected chi connectivity index (χ1v) is 14.2. The summed E-state index contributed by atoms with van der Waals surface area (Å²) in [5, 5.41) is 10.5. The maximum absolute atomic E-state index is 13.5. The smallest absolute Gasteiger partial charge is 0.308 e. The van der Waals surface area contributed by atoms with Crippen molar-refractivity contribution in [2.75, 3.05) is 32.8 Å². The average Bonchev–Trinajstić information content (AvgIpc) is 3.43. The number of hydrogen-bond acceptors (Lipinski definition) is 4. The third-order valence-corrected chi connectivity index (χ3v) is 8.12. The zero-order valence-electron chi connectivity index (χ0n) is 23.2. The molecule has 0 aliphatic carbocycles. The zero-order chi connectivity index (χ0) is 26.3. The van der Waals surface area contributed by atoms with Crippen molar-refractivity contribution in [1.82, 2.24) is 9.80 Å². The first kappa shape index (κ1) is 28.5. The van der Waals surface area contributed by atoms with Crippen LogP contribution in [0.2, 0.25) is 0 Å². The second kappa shape index (κ2) is 12.9. The van der Waals surface area contributed by atoms with E-state index in [9.17, 15) is 14.7 Å². The highest BCUT2D eigenvalue weighted by atomic mass is 16.5. The highest BCUT2D eigenvalue weighted by Gasteiger charge is 2.48. The van der Waals surface area contributed by atoms with Gasteiger partial charge in [-0.1, -0.05) is 66.0 Å². The Labute approximate surface area is 218 Å². The molecule has 2 heterocycles. The van der Waals surface area contributed by atoms with Crippen molar-refractivity contribution in [3.05, 3.63) is 29.3 Å². The minimum atomic E-state index is -0.752. The van der Waals surface area contributed by atoms with Gasteiger partial charge in [-0.25, -0.2) is 0 Å². The van der Waals surface area contributed by atoms with E-state index in [4.69, 9.17) is 4.74 Å². The molecule has 1 aromatic carbocycles. The van der Waals surface area contributed by atoms with Crippen LogP contribution >= 0.6 is 0 Å². The summed E-state index contributed by atoms with van der Waals surface area (Å²) in [6.07, 6.45) is 7.85. The van der Waals surface area contributed by atoms with E-state index in [2.05, 4.69) is 45.6 Å². The van der Waals surface area contributed by atoms with E-state index in [1.165, 1.54) is 5.56 Å². The number of hydrogen-bond donors (Lipinski definition) is 1. The second-order valence-electron chi connectivity index (χ2n) is 11.6. The number of unbranched alkanes of at least 4 members (excludes halogenated alkanes) is 2. The predicted octanol–water partition coefficient (Wildman–Crippen LogP) is 5.74. The van der Waals surface area contributed by atoms with E-state index < -0.39 is 11.9 Å². The molecule has 202 valence electrons. The molecule has 0 radical (unpaired) electrons. The van der Waals surface area contributed by atoms with Gasteiger partial charge >= 0.3 is 5.97 Å². The summed E-state index contributed by atoms with van der Waals surface area (Å²) < 4.78 is 5.69. The Balaban J connectivity index is 1.90. The fourth-order valence-corrected chi connectivity index (χ4v) is 6.20. The summed E-state index contributed by atoms with van der Waals surface area (Å²) in [6, 6.07) is 6.02. The molecular formula is C30H48N2O4. The molecule has 3 atom stereocenters. The largest absolute Gasteiger partial charge is 0.493 e. The molecule has 2 aliphatic heterocycles. The Morgan fingerprint density at radius 1 is 1.11 bits per heavy atom. The molecule has 36 heavy (non-hydrogen) atoms. The summed E-state index contributed by atoms with van der Waals surface area (Å²) in [7, 11) is 0. The van der Waals surface area contributed by atoms with Gasteiger partial charge in [-0.3, -0.25) is 14.5 Å². The summed E-state index contributed by atoms with van der Waals surface area (Å²) >= 11 is 0. The van der Waals surface area contributed by atoms with Gasteiger partial charge in [0, 0.05) is 38.0 Å². The lowest BCUT2D eigenvalue weighted by Crippen LogP contribution is -2.46. The number of likely N-dealkylation sites (tertiary alicyclic amines) is 1. The van der Waals surface area contributed by atoms with Crippen molar-refractivity contribution in [3.63, 3.8) is 0 Å². The van der Waals surface area contributed by atoms with E-state index in [1.807, 2.05) is 17.0 Å². The van der Waals surface area contributed by atoms with Gasteiger partial charge in [0.1, 0.15) is 5.75 Å². The van der Waals surface area contributed by atoms with Crippen LogP contribution < -0.4 is 4.74 Å². The number of carboxylic acids is 1. The fourth-order valence-electron chi connectivity index (χ4n) is 6.20. The monoisotopic (exact) mass is 500 g/mol. The molecule has 1 aromatic rings. The Morgan fingerprint density at radius 2 is 1.81 bits per heavy atom. The number of aliphatic carboxylic acids is 1. The number of ether oxygens (including phenoxy) is 1. The second-order valence-corrected chi connectivity index (χ2v) is 11.6. The van der Waals surface area contributed by atoms with Gasteiger partial charge in [0.15, 0.2) is 0 Å². The minimum Gasteiger partial charge on any atom is -0.493 e. The molecule has 0 bridgehead atoms. The molecule has 3 rings (SSSR count). The third-order valence-electron chi connectivity index (χ3n) is 8.12. The van der Waals surface area contributed by atoms with Crippen molar-refractivity contribution in [3.8, 4) is 5.75 Å². The number of carboxylic acid groups (broad SMARTS) is 1. The Morgan fingerprint density at radius 3 is 2.42 bits per heavy atom. The lowest BCUT2D eigenvalue weighted by atomic mass is 9.76. The highest BCUT2D eigenvalue weighted by Crippen LogP contribution is 2.44. The molecule has 0 saturated carbocycles. The summed E-state index contributed by atoms with van der Waals surface area (Å²) in [4.78, 5) is 30.5. The maximum atomic E-state index is 13.5. The summed E-state index contributed by atoms with van der Waals surface area (Å²) in [6.45, 7) is 14.1. The van der Waals surface area contributed by atoms with E-state index in [0.717, 1.165) is 75.8 Å². The first-order valence-electron chi connectivity index (χ1n) is 14.2. The van der Waals surface area contributed by atoms with Gasteiger partial charge in [-0.05, 0) is 48.3 Å². The third kappa shape index (κ3) is 7.02. The molecule has 2 aliphatic rings. The summed E-state index contributed by atoms with van der Waals surface area (Å²) in [5.74, 6) is -0.365. The van der Waals surface area contributed by atoms with Crippen molar-refractivity contribution in [2.24, 2.45) is 11.3 Å². The molecule has 0 aromatic heterocycles. The molecule has 6 nitrogen and oxygen atoms in total. The zero-order valence-corrected chi connectivity index (χ0v) is 23.2. The predicted molar refractivity (Wildman–Crippen MR) is 145 cm³/mol. The van der Waals surface area contributed by atoms with Crippen molar-refractivity contribution in [1.29, 1.82) is 0 Å². The van der Waals surface area contributed by atoms with E-state index in [-0.39, 0.29) is 23.3 Å². The van der Waals surface area contributed by atoms with Gasteiger partial charge in [-0.2, -0.15) is 0 Å². The Hall–Kier alpha value is -2.08. The van der Waals surface area contributed by atoms with Crippen LogP contribution in [0.25, 0.3) is 0 Å². The van der Waals surface area contributed by atoms with Crippen LogP contribution in [0.3, 0.4) is 0 Å². The number of rotatable bonds is 14. The fraction of sp³-hybridized carbons (Fsp3) is 0.733. The lowest BCUT2D eigenvalue weighted by Gasteiger charge is -2.35. The maximum Gasteiger partial charge on any atom is 0.308 e. The van der Waals surface area contributed by atoms with Crippen molar-refractivity contribution in [2.45, 2.75) is 97.9 Å². The van der Waals surface area contributed by atoms with Crippen LogP contribution in [0.15, 0.2) is 18.2 Å². The number of amides is 1. The van der Waals surface area contributed by atoms with Crippen LogP contribution in [0, 0.1) is 11.3 Å². The number of benzene rings is 1. The van der Waals surface area contributed by atoms with Crippen LogP contribution in [0.5, 0.6) is 5.75 Å². The van der Waals surface area contributed by atoms with Gasteiger partial charge in [0.05, 0.1) is 19.1 Å². The summed E-state index contributed by atoms with van der Waals surface area (Å²) in [5.41, 5.74) is 2.24. The first-order chi connectivity index (χ1) is 17.2. The number of fused-ring (bicyclic) bond motifs is 1. The molecule has 1 fully saturated rings. The SMILES string of the molecule is CCCCN(CCCC)C(=O)CN1C[C@H](c2ccc3c(c2)CCO3)[C@H](C(=O)O)[C@H]1CC(C)(C)CCC. The highest BCUT2D eigenvalue weighted by molar-refractivity contribution is 5.79. The quantitative estimate of drug-likeness (QED) is 0.353. The lowest BCUT2D eigenvalue weighted by molar-refractivity contribution is -0.144. The molecule has 0 spiro atoms. The molecule has 0 unspecified atom stereocenters. The standard InChI is InChI=1S/C30H48N2O4/c1-6-9-15-31(16-10-7-2)27(33)21-32-20-24(22-11-12-26-23(18-22)13-17-36-26)28(29(34)35)25(32)19-30(4,5)14-8-3/h11-12,18,24-25,28H,6-10,13-17,19-21H2,1-5H3,(H,34,35)/t24-,25-,28+/m1/s1. The van der Waals surface area contributed by atoms with Gasteiger partial charge in [0.2, 0.25) is 5.91 Å². The molecule has 6 heteroatoms. The van der Waals surface area contributed by atoms with Crippen LogP contribution in [0.4, 0.5) is 0 Å². The van der Waals surface area contributed by atoms with Crippen LogP contribution in [-0.2, 0) is 16.0 Å². The van der Waals surface area contributed by atoms with Crippen LogP contribution in [0.1, 0.15) is 96.6 Å². The van der Waals surface area contributed by atoms with Crippen molar-refractivity contribution >= 4 is 11.9 Å². The van der Waals surface area contributed by atoms with Crippen LogP contribution in [-0.4, -0.2) is 65.6 Å². The Bertz CT molecular complexity index is 876. The minimum absolute atomic E-state index is 0.0131. The normalized spacial score (nSPS) is 21.9. The number of nitrogens with zero attached hydrogens (tertiary/aromatic N) is 2. The average molecular weight is 501 g/mol.